The third kappa shape index (κ3) is 4.75. The minimum absolute atomic E-state index is 0.102. The molecule has 1 aromatic carbocycles. The third-order valence-electron chi connectivity index (χ3n) is 5.06. The van der Waals surface area contributed by atoms with E-state index >= 15 is 0 Å². The molecule has 1 saturated carbocycles. The summed E-state index contributed by atoms with van der Waals surface area (Å²) in [4.78, 5) is 49.2. The van der Waals surface area contributed by atoms with Gasteiger partial charge in [0.2, 0.25) is 11.8 Å². The number of hydrogen-bond acceptors (Lipinski definition) is 5. The number of carbonyl (C=O) groups is 4. The molecule has 1 aliphatic heterocycles. The zero-order valence-corrected chi connectivity index (χ0v) is 15.3. The first-order valence-electron chi connectivity index (χ1n) is 9.15. The number of nitrogens with one attached hydrogen (secondary N) is 1. The van der Waals surface area contributed by atoms with Gasteiger partial charge in [0.25, 0.3) is 5.91 Å². The summed E-state index contributed by atoms with van der Waals surface area (Å²) in [6.07, 6.45) is -1.62. The summed E-state index contributed by atoms with van der Waals surface area (Å²) in [6, 6.07) is 4.01. The van der Waals surface area contributed by atoms with Crippen molar-refractivity contribution in [3.8, 4) is 0 Å². The summed E-state index contributed by atoms with van der Waals surface area (Å²) < 4.78 is 42.8. The minimum atomic E-state index is -4.56. The van der Waals surface area contributed by atoms with Crippen LogP contribution in [-0.2, 0) is 30.1 Å². The number of esters is 1. The Morgan fingerprint density at radius 2 is 1.72 bits per heavy atom. The molecule has 156 valence electrons. The van der Waals surface area contributed by atoms with Crippen LogP contribution in [0.1, 0.15) is 31.2 Å². The van der Waals surface area contributed by atoms with Crippen LogP contribution in [0.4, 0.5) is 18.9 Å². The van der Waals surface area contributed by atoms with Crippen LogP contribution in [0.2, 0.25) is 0 Å². The highest BCUT2D eigenvalue weighted by atomic mass is 19.4. The van der Waals surface area contributed by atoms with Gasteiger partial charge in [-0.05, 0) is 31.0 Å². The number of imide groups is 1. The number of rotatable bonds is 5. The quantitative estimate of drug-likeness (QED) is 0.592. The van der Waals surface area contributed by atoms with Gasteiger partial charge in [0.05, 0.1) is 17.4 Å². The second kappa shape index (κ2) is 8.22. The van der Waals surface area contributed by atoms with Crippen molar-refractivity contribution in [1.29, 1.82) is 0 Å². The maximum absolute atomic E-state index is 12.7. The summed E-state index contributed by atoms with van der Waals surface area (Å²) in [7, 11) is 0. The fourth-order valence-electron chi connectivity index (χ4n) is 3.68. The molecule has 1 saturated heterocycles. The smallest absolute Gasteiger partial charge is 0.416 e. The second-order valence-corrected chi connectivity index (χ2v) is 7.05. The summed E-state index contributed by atoms with van der Waals surface area (Å²) in [5.74, 6) is -3.37. The van der Waals surface area contributed by atoms with Crippen LogP contribution >= 0.6 is 0 Å². The van der Waals surface area contributed by atoms with Crippen molar-refractivity contribution in [3.63, 3.8) is 0 Å². The summed E-state index contributed by atoms with van der Waals surface area (Å²) in [5, 5.41) is 2.20. The Labute approximate surface area is 164 Å². The van der Waals surface area contributed by atoms with Crippen molar-refractivity contribution in [3.05, 3.63) is 29.8 Å². The van der Waals surface area contributed by atoms with Gasteiger partial charge in [-0.25, -0.2) is 0 Å². The number of amides is 3. The van der Waals surface area contributed by atoms with E-state index in [0.717, 1.165) is 35.9 Å². The van der Waals surface area contributed by atoms with E-state index in [1.807, 2.05) is 0 Å². The van der Waals surface area contributed by atoms with E-state index in [-0.39, 0.29) is 5.69 Å². The number of halogens is 3. The maximum Gasteiger partial charge on any atom is 0.416 e. The largest absolute Gasteiger partial charge is 0.454 e. The lowest BCUT2D eigenvalue weighted by Crippen LogP contribution is -2.37. The molecule has 2 aliphatic rings. The highest BCUT2D eigenvalue weighted by molar-refractivity contribution is 6.07. The highest BCUT2D eigenvalue weighted by Gasteiger charge is 2.48. The molecule has 3 rings (SSSR count). The summed E-state index contributed by atoms with van der Waals surface area (Å²) in [5.41, 5.74) is -1.03. The second-order valence-electron chi connectivity index (χ2n) is 7.05. The molecule has 7 nitrogen and oxygen atoms in total. The van der Waals surface area contributed by atoms with Gasteiger partial charge in [-0.15, -0.1) is 0 Å². The number of carbonyl (C=O) groups excluding carboxylic acids is 4. The van der Waals surface area contributed by atoms with Gasteiger partial charge in [-0.3, -0.25) is 24.1 Å². The first kappa shape index (κ1) is 20.8. The molecule has 1 N–H and O–H groups in total. The molecular weight excluding hydrogens is 393 g/mol. The van der Waals surface area contributed by atoms with Gasteiger partial charge < -0.3 is 10.1 Å². The monoisotopic (exact) mass is 412 g/mol. The van der Waals surface area contributed by atoms with E-state index in [1.165, 1.54) is 6.07 Å². The van der Waals surface area contributed by atoms with Crippen molar-refractivity contribution >= 4 is 29.4 Å². The Bertz CT molecular complexity index is 815. The Hall–Kier alpha value is -2.91. The zero-order chi connectivity index (χ0) is 21.2. The molecule has 0 aromatic heterocycles. The Morgan fingerprint density at radius 1 is 1.10 bits per heavy atom. The Kier molecular flexibility index (Phi) is 5.90. The molecule has 2 fully saturated rings. The standard InChI is InChI=1S/C19H19F3N2O5/c20-19(21,22)11-4-3-5-12(8-11)23-15(25)10-29-16(26)9-24-17(27)13-6-1-2-7-14(13)18(24)28/h3-5,8,13-14H,1-2,6-7,9-10H2,(H,23,25)/t13-,14-/m0/s1. The molecule has 1 aromatic rings. The molecule has 0 radical (unpaired) electrons. The van der Waals surface area contributed by atoms with Crippen LogP contribution in [0.25, 0.3) is 0 Å². The lowest BCUT2D eigenvalue weighted by Gasteiger charge is -2.19. The van der Waals surface area contributed by atoms with E-state index < -0.39 is 60.4 Å². The number of hydrogen-bond donors (Lipinski definition) is 1. The topological polar surface area (TPSA) is 92.8 Å². The predicted molar refractivity (Wildman–Crippen MR) is 93.2 cm³/mol. The van der Waals surface area contributed by atoms with Crippen LogP contribution in [0.3, 0.4) is 0 Å². The Balaban J connectivity index is 1.50. The molecule has 0 bridgehead atoms. The van der Waals surface area contributed by atoms with Crippen LogP contribution in [-0.4, -0.2) is 41.7 Å². The van der Waals surface area contributed by atoms with E-state index in [1.54, 1.807) is 0 Å². The molecule has 1 aliphatic carbocycles. The van der Waals surface area contributed by atoms with E-state index in [2.05, 4.69) is 5.32 Å². The number of fused-ring (bicyclic) bond motifs is 1. The van der Waals surface area contributed by atoms with Gasteiger partial charge in [0.15, 0.2) is 6.61 Å². The van der Waals surface area contributed by atoms with E-state index in [0.29, 0.717) is 12.8 Å². The van der Waals surface area contributed by atoms with Crippen molar-refractivity contribution in [2.75, 3.05) is 18.5 Å². The van der Waals surface area contributed by atoms with Gasteiger partial charge in [-0.2, -0.15) is 13.2 Å². The lowest BCUT2D eigenvalue weighted by molar-refractivity contribution is -0.154. The molecule has 3 amide bonds. The van der Waals surface area contributed by atoms with Gasteiger partial charge >= 0.3 is 12.1 Å². The molecule has 2 atom stereocenters. The van der Waals surface area contributed by atoms with Crippen molar-refractivity contribution < 1.29 is 37.1 Å². The molecule has 10 heteroatoms. The SMILES string of the molecule is O=C(COC(=O)CN1C(=O)[C@H]2CCCC[C@@H]2C1=O)Nc1cccc(C(F)(F)F)c1. The van der Waals surface area contributed by atoms with Gasteiger partial charge in [-0.1, -0.05) is 18.9 Å². The van der Waals surface area contributed by atoms with Gasteiger partial charge in [0, 0.05) is 5.69 Å². The number of benzene rings is 1. The van der Waals surface area contributed by atoms with Crippen LogP contribution in [0.15, 0.2) is 24.3 Å². The zero-order valence-electron chi connectivity index (χ0n) is 15.3. The van der Waals surface area contributed by atoms with E-state index in [4.69, 9.17) is 4.74 Å². The predicted octanol–water partition coefficient (Wildman–Crippen LogP) is 2.36. The van der Waals surface area contributed by atoms with Crippen molar-refractivity contribution in [2.24, 2.45) is 11.8 Å². The third-order valence-corrected chi connectivity index (χ3v) is 5.06. The summed E-state index contributed by atoms with van der Waals surface area (Å²) >= 11 is 0. The molecule has 0 spiro atoms. The first-order valence-corrected chi connectivity index (χ1v) is 9.15. The summed E-state index contributed by atoms with van der Waals surface area (Å²) in [6.45, 7) is -1.33. The van der Waals surface area contributed by atoms with Crippen LogP contribution in [0.5, 0.6) is 0 Å². The molecule has 1 heterocycles. The minimum Gasteiger partial charge on any atom is -0.454 e. The molecule has 29 heavy (non-hydrogen) atoms. The van der Waals surface area contributed by atoms with Gasteiger partial charge in [0.1, 0.15) is 6.54 Å². The highest BCUT2D eigenvalue weighted by Crippen LogP contribution is 2.37. The van der Waals surface area contributed by atoms with E-state index in [9.17, 15) is 32.3 Å². The number of likely N-dealkylation sites (tertiary alicyclic amines) is 1. The molecular formula is C19H19F3N2O5. The van der Waals surface area contributed by atoms with Crippen molar-refractivity contribution in [1.82, 2.24) is 4.90 Å². The van der Waals surface area contributed by atoms with Crippen LogP contribution < -0.4 is 5.32 Å². The number of anilines is 1. The fraction of sp³-hybridized carbons (Fsp3) is 0.474. The average molecular weight is 412 g/mol. The molecule has 0 unspecified atom stereocenters. The Morgan fingerprint density at radius 3 is 2.31 bits per heavy atom. The number of ether oxygens (including phenoxy) is 1. The number of alkyl halides is 3. The average Bonchev–Trinajstić information content (AvgIpc) is 2.91. The maximum atomic E-state index is 12.7. The fourth-order valence-corrected chi connectivity index (χ4v) is 3.68. The normalized spacial score (nSPS) is 21.7. The lowest BCUT2D eigenvalue weighted by atomic mass is 9.81. The van der Waals surface area contributed by atoms with Crippen LogP contribution in [0, 0.1) is 11.8 Å². The van der Waals surface area contributed by atoms with Crippen molar-refractivity contribution in [2.45, 2.75) is 31.9 Å². The number of nitrogens with zero attached hydrogens (tertiary/aromatic N) is 1. The first-order chi connectivity index (χ1) is 13.7.